The van der Waals surface area contributed by atoms with Crippen LogP contribution in [0.5, 0.6) is 5.75 Å². The first-order valence-electron chi connectivity index (χ1n) is 10.0. The highest BCUT2D eigenvalue weighted by Crippen LogP contribution is 2.21. The molecule has 1 aromatic carbocycles. The van der Waals surface area contributed by atoms with Crippen LogP contribution in [0, 0.1) is 0 Å². The van der Waals surface area contributed by atoms with Crippen LogP contribution in [0.15, 0.2) is 53.7 Å². The summed E-state index contributed by atoms with van der Waals surface area (Å²) in [6, 6.07) is 14.6. The second kappa shape index (κ2) is 10.1. The van der Waals surface area contributed by atoms with Crippen molar-refractivity contribution in [2.24, 2.45) is 4.99 Å². The molecule has 3 rings (SSSR count). The Morgan fingerprint density at radius 3 is 2.41 bits per heavy atom. The lowest BCUT2D eigenvalue weighted by atomic mass is 10.1. The molecule has 156 valence electrons. The average Bonchev–Trinajstić information content (AvgIpc) is 2.77. The molecule has 0 bridgehead atoms. The van der Waals surface area contributed by atoms with E-state index in [1.165, 1.54) is 5.56 Å². The van der Waals surface area contributed by atoms with Gasteiger partial charge in [-0.15, -0.1) is 0 Å². The molecule has 7 nitrogen and oxygen atoms in total. The molecule has 0 spiro atoms. The molecule has 1 N–H and O–H groups in total. The number of likely N-dealkylation sites (N-methyl/N-ethyl adjacent to an activating group) is 1. The van der Waals surface area contributed by atoms with Crippen LogP contribution in [0.3, 0.4) is 0 Å². The molecular formula is C22H32N6O. The number of pyridine rings is 1. The number of rotatable bonds is 6. The van der Waals surface area contributed by atoms with E-state index in [0.29, 0.717) is 0 Å². The van der Waals surface area contributed by atoms with Gasteiger partial charge in [0.15, 0.2) is 5.96 Å². The highest BCUT2D eigenvalue weighted by atomic mass is 16.5. The van der Waals surface area contributed by atoms with Gasteiger partial charge < -0.3 is 24.8 Å². The number of piperazine rings is 1. The number of nitrogens with zero attached hydrogens (tertiary/aromatic N) is 5. The van der Waals surface area contributed by atoms with Gasteiger partial charge in [0, 0.05) is 46.0 Å². The summed E-state index contributed by atoms with van der Waals surface area (Å²) in [5, 5.41) is 3.57. The monoisotopic (exact) mass is 396 g/mol. The number of hydrogen-bond acceptors (Lipinski definition) is 5. The van der Waals surface area contributed by atoms with Crippen molar-refractivity contribution in [2.45, 2.75) is 6.04 Å². The van der Waals surface area contributed by atoms with E-state index in [1.807, 2.05) is 37.5 Å². The average molecular weight is 397 g/mol. The molecule has 1 aromatic heterocycles. The third kappa shape index (κ3) is 5.38. The number of methoxy groups -OCH3 is 1. The van der Waals surface area contributed by atoms with Crippen molar-refractivity contribution >= 4 is 11.8 Å². The van der Waals surface area contributed by atoms with Crippen molar-refractivity contribution in [3.8, 4) is 5.75 Å². The Hall–Kier alpha value is -2.80. The van der Waals surface area contributed by atoms with Crippen molar-refractivity contribution in [2.75, 3.05) is 65.9 Å². The van der Waals surface area contributed by atoms with Crippen molar-refractivity contribution in [1.82, 2.24) is 20.1 Å². The zero-order chi connectivity index (χ0) is 20.6. The molecule has 1 fully saturated rings. The third-order valence-corrected chi connectivity index (χ3v) is 5.34. The number of aromatic nitrogens is 1. The fourth-order valence-electron chi connectivity index (χ4n) is 3.63. The number of ether oxygens (including phenoxy) is 1. The highest BCUT2D eigenvalue weighted by Gasteiger charge is 2.22. The minimum atomic E-state index is 0.243. The SMILES string of the molecule is CN=C(NCC(c1ccc(OC)cc1)N(C)C)N1CCN(c2ccccn2)CC1. The van der Waals surface area contributed by atoms with Gasteiger partial charge in [0.1, 0.15) is 11.6 Å². The molecule has 1 aliphatic heterocycles. The number of benzene rings is 1. The summed E-state index contributed by atoms with van der Waals surface area (Å²) >= 11 is 0. The van der Waals surface area contributed by atoms with Gasteiger partial charge in [0.05, 0.1) is 13.2 Å². The lowest BCUT2D eigenvalue weighted by Crippen LogP contribution is -2.53. The number of anilines is 1. The maximum absolute atomic E-state index is 5.28. The van der Waals surface area contributed by atoms with E-state index in [4.69, 9.17) is 4.74 Å². The van der Waals surface area contributed by atoms with Crippen LogP contribution in [-0.2, 0) is 0 Å². The lowest BCUT2D eigenvalue weighted by Gasteiger charge is -2.37. The van der Waals surface area contributed by atoms with Gasteiger partial charge >= 0.3 is 0 Å². The molecule has 0 aliphatic carbocycles. The highest BCUT2D eigenvalue weighted by molar-refractivity contribution is 5.80. The van der Waals surface area contributed by atoms with Crippen molar-refractivity contribution in [3.63, 3.8) is 0 Å². The van der Waals surface area contributed by atoms with Gasteiger partial charge in [-0.05, 0) is 43.9 Å². The van der Waals surface area contributed by atoms with E-state index in [-0.39, 0.29) is 6.04 Å². The standard InChI is InChI=1S/C22H32N6O/c1-23-22(28-15-13-27(14-16-28)21-7-5-6-12-24-21)25-17-20(26(2)3)18-8-10-19(29-4)11-9-18/h5-12,20H,13-17H2,1-4H3,(H,23,25). The molecule has 2 heterocycles. The molecule has 1 aliphatic rings. The summed E-state index contributed by atoms with van der Waals surface area (Å²) in [6.07, 6.45) is 1.85. The summed E-state index contributed by atoms with van der Waals surface area (Å²) in [5.74, 6) is 2.87. The normalized spacial score (nSPS) is 16.1. The molecule has 1 saturated heterocycles. The molecule has 1 unspecified atom stereocenters. The fourth-order valence-corrected chi connectivity index (χ4v) is 3.63. The van der Waals surface area contributed by atoms with Crippen LogP contribution in [0.4, 0.5) is 5.82 Å². The predicted octanol–water partition coefficient (Wildman–Crippen LogP) is 2.09. The summed E-state index contributed by atoms with van der Waals surface area (Å²) in [5.41, 5.74) is 1.25. The van der Waals surface area contributed by atoms with Crippen molar-refractivity contribution < 1.29 is 4.74 Å². The Bertz CT molecular complexity index is 770. The molecule has 7 heteroatoms. The van der Waals surface area contributed by atoms with Crippen LogP contribution in [-0.4, -0.2) is 81.7 Å². The van der Waals surface area contributed by atoms with Gasteiger partial charge in [0.25, 0.3) is 0 Å². The van der Waals surface area contributed by atoms with E-state index in [2.05, 4.69) is 62.3 Å². The second-order valence-electron chi connectivity index (χ2n) is 7.34. The topological polar surface area (TPSA) is 56.2 Å². The Morgan fingerprint density at radius 1 is 1.14 bits per heavy atom. The zero-order valence-electron chi connectivity index (χ0n) is 17.9. The summed E-state index contributed by atoms with van der Waals surface area (Å²) in [6.45, 7) is 4.50. The fraction of sp³-hybridized carbons (Fsp3) is 0.455. The first-order valence-corrected chi connectivity index (χ1v) is 10.0. The maximum atomic E-state index is 5.28. The van der Waals surface area contributed by atoms with Crippen LogP contribution < -0.4 is 15.0 Å². The molecule has 29 heavy (non-hydrogen) atoms. The maximum Gasteiger partial charge on any atom is 0.193 e. The molecule has 0 radical (unpaired) electrons. The minimum absolute atomic E-state index is 0.243. The van der Waals surface area contributed by atoms with Gasteiger partial charge in [-0.2, -0.15) is 0 Å². The van der Waals surface area contributed by atoms with E-state index in [9.17, 15) is 0 Å². The van der Waals surface area contributed by atoms with Gasteiger partial charge in [-0.3, -0.25) is 4.99 Å². The second-order valence-corrected chi connectivity index (χ2v) is 7.34. The molecule has 0 saturated carbocycles. The Kier molecular flexibility index (Phi) is 7.30. The zero-order valence-corrected chi connectivity index (χ0v) is 17.9. The van der Waals surface area contributed by atoms with E-state index in [1.54, 1.807) is 7.11 Å². The smallest absolute Gasteiger partial charge is 0.193 e. The quantitative estimate of drug-likeness (QED) is 0.596. The van der Waals surface area contributed by atoms with Crippen molar-refractivity contribution in [1.29, 1.82) is 0 Å². The number of aliphatic imine (C=N–C) groups is 1. The summed E-state index contributed by atoms with van der Waals surface area (Å²) < 4.78 is 5.28. The Morgan fingerprint density at radius 2 is 1.86 bits per heavy atom. The predicted molar refractivity (Wildman–Crippen MR) is 119 cm³/mol. The van der Waals surface area contributed by atoms with Crippen LogP contribution in [0.2, 0.25) is 0 Å². The molecular weight excluding hydrogens is 364 g/mol. The largest absolute Gasteiger partial charge is 0.497 e. The van der Waals surface area contributed by atoms with E-state index in [0.717, 1.165) is 50.3 Å². The third-order valence-electron chi connectivity index (χ3n) is 5.34. The van der Waals surface area contributed by atoms with Crippen molar-refractivity contribution in [3.05, 3.63) is 54.2 Å². The van der Waals surface area contributed by atoms with Gasteiger partial charge in [-0.25, -0.2) is 4.98 Å². The van der Waals surface area contributed by atoms with Crippen LogP contribution >= 0.6 is 0 Å². The minimum Gasteiger partial charge on any atom is -0.497 e. The Labute approximate surface area is 174 Å². The molecule has 2 aromatic rings. The number of hydrogen-bond donors (Lipinski definition) is 1. The molecule has 0 amide bonds. The van der Waals surface area contributed by atoms with Crippen LogP contribution in [0.25, 0.3) is 0 Å². The van der Waals surface area contributed by atoms with Crippen LogP contribution in [0.1, 0.15) is 11.6 Å². The number of nitrogens with one attached hydrogen (secondary N) is 1. The lowest BCUT2D eigenvalue weighted by molar-refractivity contribution is 0.292. The first kappa shape index (κ1) is 20.9. The Balaban J connectivity index is 1.57. The summed E-state index contributed by atoms with van der Waals surface area (Å²) in [7, 11) is 7.75. The van der Waals surface area contributed by atoms with Gasteiger partial charge in [-0.1, -0.05) is 18.2 Å². The summed E-state index contributed by atoms with van der Waals surface area (Å²) in [4.78, 5) is 15.9. The van der Waals surface area contributed by atoms with E-state index >= 15 is 0 Å². The number of guanidine groups is 1. The first-order chi connectivity index (χ1) is 14.1. The molecule has 1 atom stereocenters. The van der Waals surface area contributed by atoms with E-state index < -0.39 is 0 Å². The van der Waals surface area contributed by atoms with Gasteiger partial charge in [0.2, 0.25) is 0 Å².